The summed E-state index contributed by atoms with van der Waals surface area (Å²) in [5.41, 5.74) is -0.163. The van der Waals surface area contributed by atoms with Crippen LogP contribution in [0.3, 0.4) is 0 Å². The molecule has 0 saturated carbocycles. The number of hydrogen-bond acceptors (Lipinski definition) is 6. The first-order valence-corrected chi connectivity index (χ1v) is 9.62. The lowest BCUT2D eigenvalue weighted by molar-refractivity contribution is -0.155. The Kier molecular flexibility index (Phi) is 9.25. The second kappa shape index (κ2) is 10.9. The molecule has 0 radical (unpaired) electrons. The maximum Gasteiger partial charge on any atom is 0.326 e. The molecule has 0 aliphatic heterocycles. The molecule has 1 rings (SSSR count). The summed E-state index contributed by atoms with van der Waals surface area (Å²) >= 11 is 0. The summed E-state index contributed by atoms with van der Waals surface area (Å²) in [6.07, 6.45) is 0. The van der Waals surface area contributed by atoms with Gasteiger partial charge in [-0.2, -0.15) is 0 Å². The number of rotatable bonds is 10. The minimum absolute atomic E-state index is 0.110. The van der Waals surface area contributed by atoms with E-state index in [2.05, 4.69) is 0 Å². The second-order valence-electron chi connectivity index (χ2n) is 7.64. The number of likely N-dealkylation sites (N-methyl/N-ethyl adjacent to an activating group) is 1. The zero-order valence-electron chi connectivity index (χ0n) is 18.2. The Bertz CT molecular complexity index is 653. The van der Waals surface area contributed by atoms with E-state index in [1.165, 1.54) is 4.90 Å². The maximum atomic E-state index is 13.1. The highest BCUT2D eigenvalue weighted by molar-refractivity contribution is 5.96. The highest BCUT2D eigenvalue weighted by Crippen LogP contribution is 2.29. The van der Waals surface area contributed by atoms with Gasteiger partial charge in [-0.3, -0.25) is 9.59 Å². The lowest BCUT2D eigenvalue weighted by Crippen LogP contribution is -2.42. The SMILES string of the molecule is CCOc1ccc(C(=O)N(CCN(C)C)CC(=O)OC(C)(C)C)cc1OCC. The second-order valence-corrected chi connectivity index (χ2v) is 7.64. The molecule has 1 amide bonds. The topological polar surface area (TPSA) is 68.3 Å². The van der Waals surface area contributed by atoms with E-state index in [0.717, 1.165) is 0 Å². The van der Waals surface area contributed by atoms with E-state index < -0.39 is 11.6 Å². The molecule has 1 aromatic rings. The molecule has 0 aliphatic carbocycles. The Hall–Kier alpha value is -2.28. The van der Waals surface area contributed by atoms with Crippen molar-refractivity contribution >= 4 is 11.9 Å². The highest BCUT2D eigenvalue weighted by Gasteiger charge is 2.24. The van der Waals surface area contributed by atoms with Crippen LogP contribution in [0.4, 0.5) is 0 Å². The highest BCUT2D eigenvalue weighted by atomic mass is 16.6. The molecule has 0 atom stereocenters. The third-order valence-corrected chi connectivity index (χ3v) is 3.63. The minimum atomic E-state index is -0.603. The molecule has 7 nitrogen and oxygen atoms in total. The summed E-state index contributed by atoms with van der Waals surface area (Å²) in [5.74, 6) is 0.417. The molecular formula is C21H34N2O5. The van der Waals surface area contributed by atoms with E-state index in [-0.39, 0.29) is 12.5 Å². The van der Waals surface area contributed by atoms with E-state index in [9.17, 15) is 9.59 Å². The van der Waals surface area contributed by atoms with Crippen molar-refractivity contribution in [1.29, 1.82) is 0 Å². The number of carbonyl (C=O) groups excluding carboxylic acids is 2. The van der Waals surface area contributed by atoms with Gasteiger partial charge in [-0.1, -0.05) is 0 Å². The number of hydrogen-bond donors (Lipinski definition) is 0. The molecule has 0 bridgehead atoms. The fraction of sp³-hybridized carbons (Fsp3) is 0.619. The van der Waals surface area contributed by atoms with Gasteiger partial charge in [0.25, 0.3) is 5.91 Å². The molecule has 1 aromatic carbocycles. The van der Waals surface area contributed by atoms with E-state index in [1.54, 1.807) is 39.0 Å². The average Bonchev–Trinajstić information content (AvgIpc) is 2.58. The van der Waals surface area contributed by atoms with Crippen LogP contribution in [-0.4, -0.2) is 74.2 Å². The first-order valence-electron chi connectivity index (χ1n) is 9.62. The largest absolute Gasteiger partial charge is 0.490 e. The van der Waals surface area contributed by atoms with Crippen LogP contribution in [0.15, 0.2) is 18.2 Å². The fourth-order valence-electron chi connectivity index (χ4n) is 2.47. The summed E-state index contributed by atoms with van der Waals surface area (Å²) in [5, 5.41) is 0. The third kappa shape index (κ3) is 8.17. The Morgan fingerprint density at radius 2 is 1.57 bits per heavy atom. The van der Waals surface area contributed by atoms with Crippen molar-refractivity contribution in [1.82, 2.24) is 9.80 Å². The van der Waals surface area contributed by atoms with Crippen molar-refractivity contribution in [3.63, 3.8) is 0 Å². The predicted molar refractivity (Wildman–Crippen MR) is 109 cm³/mol. The molecule has 0 aromatic heterocycles. The minimum Gasteiger partial charge on any atom is -0.490 e. The van der Waals surface area contributed by atoms with Gasteiger partial charge in [0.1, 0.15) is 12.1 Å². The normalized spacial score (nSPS) is 11.3. The Labute approximate surface area is 168 Å². The van der Waals surface area contributed by atoms with Crippen molar-refractivity contribution in [2.75, 3.05) is 46.9 Å². The zero-order valence-corrected chi connectivity index (χ0v) is 18.2. The smallest absolute Gasteiger partial charge is 0.326 e. The van der Waals surface area contributed by atoms with Gasteiger partial charge in [-0.25, -0.2) is 0 Å². The molecule has 7 heteroatoms. The van der Waals surface area contributed by atoms with Crippen LogP contribution in [0.25, 0.3) is 0 Å². The van der Waals surface area contributed by atoms with Gasteiger partial charge in [0.05, 0.1) is 13.2 Å². The van der Waals surface area contributed by atoms with Crippen LogP contribution in [0, 0.1) is 0 Å². The van der Waals surface area contributed by atoms with Crippen LogP contribution >= 0.6 is 0 Å². The third-order valence-electron chi connectivity index (χ3n) is 3.63. The van der Waals surface area contributed by atoms with Crippen LogP contribution in [-0.2, 0) is 9.53 Å². The van der Waals surface area contributed by atoms with Crippen LogP contribution < -0.4 is 9.47 Å². The van der Waals surface area contributed by atoms with Crippen molar-refractivity contribution < 1.29 is 23.8 Å². The molecule has 0 N–H and O–H groups in total. The number of ether oxygens (including phenoxy) is 3. The first kappa shape index (κ1) is 23.8. The molecule has 0 aliphatic rings. The molecule has 0 spiro atoms. The van der Waals surface area contributed by atoms with Crippen molar-refractivity contribution in [3.05, 3.63) is 23.8 Å². The van der Waals surface area contributed by atoms with Crippen LogP contribution in [0.1, 0.15) is 45.0 Å². The van der Waals surface area contributed by atoms with Crippen LogP contribution in [0.2, 0.25) is 0 Å². The molecule has 0 fully saturated rings. The average molecular weight is 395 g/mol. The van der Waals surface area contributed by atoms with Gasteiger partial charge < -0.3 is 24.0 Å². The zero-order chi connectivity index (χ0) is 21.3. The number of nitrogens with zero attached hydrogens (tertiary/aromatic N) is 2. The van der Waals surface area contributed by atoms with Crippen molar-refractivity contribution in [2.24, 2.45) is 0 Å². The standard InChI is InChI=1S/C21H34N2O5/c1-8-26-17-11-10-16(14-18(17)27-9-2)20(25)23(13-12-22(6)7)15-19(24)28-21(3,4)5/h10-11,14H,8-9,12-13,15H2,1-7H3. The summed E-state index contributed by atoms with van der Waals surface area (Å²) < 4.78 is 16.5. The molecule has 0 saturated heterocycles. The van der Waals surface area contributed by atoms with Gasteiger partial charge in [0, 0.05) is 18.7 Å². The quantitative estimate of drug-likeness (QED) is 0.569. The molecule has 28 heavy (non-hydrogen) atoms. The van der Waals surface area contributed by atoms with Gasteiger partial charge in [-0.05, 0) is 66.9 Å². The lowest BCUT2D eigenvalue weighted by Gasteiger charge is -2.26. The van der Waals surface area contributed by atoms with Gasteiger partial charge >= 0.3 is 5.97 Å². The lowest BCUT2D eigenvalue weighted by atomic mass is 10.1. The predicted octanol–water partition coefficient (Wildman–Crippen LogP) is 2.83. The van der Waals surface area contributed by atoms with E-state index in [1.807, 2.05) is 32.8 Å². The van der Waals surface area contributed by atoms with Gasteiger partial charge in [0.15, 0.2) is 11.5 Å². The maximum absolute atomic E-state index is 13.1. The van der Waals surface area contributed by atoms with E-state index in [0.29, 0.717) is 43.4 Å². The molecular weight excluding hydrogens is 360 g/mol. The molecule has 0 unspecified atom stereocenters. The number of benzene rings is 1. The monoisotopic (exact) mass is 394 g/mol. The number of amides is 1. The summed E-state index contributed by atoms with van der Waals surface area (Å²) in [6, 6.07) is 5.07. The van der Waals surface area contributed by atoms with E-state index in [4.69, 9.17) is 14.2 Å². The van der Waals surface area contributed by atoms with Crippen LogP contribution in [0.5, 0.6) is 11.5 Å². The summed E-state index contributed by atoms with van der Waals surface area (Å²) in [4.78, 5) is 28.8. The Morgan fingerprint density at radius 1 is 0.964 bits per heavy atom. The fourth-order valence-corrected chi connectivity index (χ4v) is 2.47. The number of carbonyl (C=O) groups is 2. The molecule has 158 valence electrons. The summed E-state index contributed by atoms with van der Waals surface area (Å²) in [7, 11) is 3.83. The van der Waals surface area contributed by atoms with E-state index >= 15 is 0 Å². The Balaban J connectivity index is 3.06. The Morgan fingerprint density at radius 3 is 2.11 bits per heavy atom. The number of esters is 1. The van der Waals surface area contributed by atoms with Crippen molar-refractivity contribution in [3.8, 4) is 11.5 Å². The first-order chi connectivity index (χ1) is 13.1. The van der Waals surface area contributed by atoms with Gasteiger partial charge in [-0.15, -0.1) is 0 Å². The molecule has 0 heterocycles. The van der Waals surface area contributed by atoms with Gasteiger partial charge in [0.2, 0.25) is 0 Å². The van der Waals surface area contributed by atoms with Crippen molar-refractivity contribution in [2.45, 2.75) is 40.2 Å². The summed E-state index contributed by atoms with van der Waals surface area (Å²) in [6.45, 7) is 11.1.